The number of unbranched alkanes of at least 4 members (excludes halogenated alkanes) is 2. The van der Waals surface area contributed by atoms with E-state index in [9.17, 15) is 9.59 Å². The summed E-state index contributed by atoms with van der Waals surface area (Å²) < 4.78 is 5.48. The summed E-state index contributed by atoms with van der Waals surface area (Å²) in [5.41, 5.74) is 0.603. The van der Waals surface area contributed by atoms with Gasteiger partial charge in [0.05, 0.1) is 5.56 Å². The lowest BCUT2D eigenvalue weighted by Crippen LogP contribution is -2.38. The van der Waals surface area contributed by atoms with Crippen LogP contribution in [0, 0.1) is 13.8 Å². The fourth-order valence-electron chi connectivity index (χ4n) is 2.57. The molecule has 24 heavy (non-hydrogen) atoms. The van der Waals surface area contributed by atoms with E-state index in [-0.39, 0.29) is 17.9 Å². The highest BCUT2D eigenvalue weighted by molar-refractivity contribution is 5.95. The maximum absolute atomic E-state index is 12.8. The number of furan rings is 1. The highest BCUT2D eigenvalue weighted by Crippen LogP contribution is 2.17. The van der Waals surface area contributed by atoms with Crippen molar-refractivity contribution in [3.63, 3.8) is 0 Å². The minimum atomic E-state index is -0.0446. The van der Waals surface area contributed by atoms with Crippen LogP contribution in [0.4, 0.5) is 0 Å². The Morgan fingerprint density at radius 2 is 1.92 bits per heavy atom. The van der Waals surface area contributed by atoms with Gasteiger partial charge in [-0.2, -0.15) is 0 Å². The van der Waals surface area contributed by atoms with Crippen molar-refractivity contribution >= 4 is 11.8 Å². The number of hydrogen-bond donors (Lipinski definition) is 1. The molecule has 1 aromatic heterocycles. The maximum Gasteiger partial charge on any atom is 0.257 e. The molecular weight excluding hydrogens is 304 g/mol. The van der Waals surface area contributed by atoms with E-state index in [0.29, 0.717) is 30.8 Å². The van der Waals surface area contributed by atoms with E-state index in [2.05, 4.69) is 12.2 Å². The Hall–Kier alpha value is -1.78. The molecule has 0 saturated heterocycles. The van der Waals surface area contributed by atoms with Crippen LogP contribution >= 0.6 is 0 Å². The Bertz CT molecular complexity index is 537. The van der Waals surface area contributed by atoms with Crippen LogP contribution < -0.4 is 5.32 Å². The van der Waals surface area contributed by atoms with Crippen LogP contribution in [0.15, 0.2) is 10.5 Å². The van der Waals surface area contributed by atoms with Crippen LogP contribution in [-0.4, -0.2) is 35.8 Å². The van der Waals surface area contributed by atoms with Crippen molar-refractivity contribution in [2.45, 2.75) is 72.8 Å². The van der Waals surface area contributed by atoms with Crippen molar-refractivity contribution in [1.29, 1.82) is 0 Å². The van der Waals surface area contributed by atoms with Gasteiger partial charge in [-0.3, -0.25) is 9.59 Å². The summed E-state index contributed by atoms with van der Waals surface area (Å²) in [4.78, 5) is 26.6. The second-order valence-electron chi connectivity index (χ2n) is 6.45. The highest BCUT2D eigenvalue weighted by Gasteiger charge is 2.21. The van der Waals surface area contributed by atoms with Gasteiger partial charge in [-0.15, -0.1) is 0 Å². The predicted molar refractivity (Wildman–Crippen MR) is 96.1 cm³/mol. The first-order valence-corrected chi connectivity index (χ1v) is 9.04. The lowest BCUT2D eigenvalue weighted by Gasteiger charge is -2.23. The molecule has 1 rings (SSSR count). The number of aryl methyl sites for hydroxylation is 2. The number of rotatable bonds is 10. The molecule has 0 saturated carbocycles. The van der Waals surface area contributed by atoms with E-state index in [4.69, 9.17) is 4.42 Å². The molecular formula is C19H32N2O3. The molecule has 5 nitrogen and oxygen atoms in total. The summed E-state index contributed by atoms with van der Waals surface area (Å²) in [6.45, 7) is 10.9. The number of nitrogens with zero attached hydrogens (tertiary/aromatic N) is 1. The minimum absolute atomic E-state index is 0.00209. The SMILES string of the molecule is CCCCCN(CCC(=O)N[C@H](C)CC)C(=O)c1cc(C)oc1C. The molecule has 0 unspecified atom stereocenters. The second-order valence-corrected chi connectivity index (χ2v) is 6.45. The molecule has 136 valence electrons. The summed E-state index contributed by atoms with van der Waals surface area (Å²) in [6.07, 6.45) is 4.36. The average Bonchev–Trinajstić information content (AvgIpc) is 2.88. The van der Waals surface area contributed by atoms with Crippen LogP contribution in [0.1, 0.15) is 74.8 Å². The van der Waals surface area contributed by atoms with Gasteiger partial charge in [0.25, 0.3) is 5.91 Å². The van der Waals surface area contributed by atoms with Crippen LogP contribution in [0.3, 0.4) is 0 Å². The smallest absolute Gasteiger partial charge is 0.257 e. The zero-order chi connectivity index (χ0) is 18.1. The molecule has 1 atom stereocenters. The molecule has 0 aliphatic carbocycles. The van der Waals surface area contributed by atoms with E-state index >= 15 is 0 Å². The van der Waals surface area contributed by atoms with Crippen molar-refractivity contribution < 1.29 is 14.0 Å². The van der Waals surface area contributed by atoms with Crippen molar-refractivity contribution in [3.05, 3.63) is 23.2 Å². The Morgan fingerprint density at radius 1 is 1.21 bits per heavy atom. The van der Waals surface area contributed by atoms with E-state index in [1.807, 2.05) is 20.8 Å². The predicted octanol–water partition coefficient (Wildman–Crippen LogP) is 3.83. The van der Waals surface area contributed by atoms with Gasteiger partial charge in [0, 0.05) is 25.6 Å². The molecule has 0 fully saturated rings. The van der Waals surface area contributed by atoms with Gasteiger partial charge < -0.3 is 14.6 Å². The zero-order valence-corrected chi connectivity index (χ0v) is 15.8. The van der Waals surface area contributed by atoms with Crippen molar-refractivity contribution in [2.24, 2.45) is 0 Å². The highest BCUT2D eigenvalue weighted by atomic mass is 16.3. The summed E-state index contributed by atoms with van der Waals surface area (Å²) in [5, 5.41) is 2.95. The number of nitrogens with one attached hydrogen (secondary N) is 1. The van der Waals surface area contributed by atoms with Crippen molar-refractivity contribution in [3.8, 4) is 0 Å². The fraction of sp³-hybridized carbons (Fsp3) is 0.684. The normalized spacial score (nSPS) is 12.0. The fourth-order valence-corrected chi connectivity index (χ4v) is 2.57. The van der Waals surface area contributed by atoms with E-state index < -0.39 is 0 Å². The largest absolute Gasteiger partial charge is 0.466 e. The van der Waals surface area contributed by atoms with E-state index in [1.54, 1.807) is 17.9 Å². The lowest BCUT2D eigenvalue weighted by atomic mass is 10.1. The second kappa shape index (κ2) is 10.2. The van der Waals surface area contributed by atoms with Gasteiger partial charge >= 0.3 is 0 Å². The van der Waals surface area contributed by atoms with Crippen LogP contribution in [0.2, 0.25) is 0 Å². The first kappa shape index (κ1) is 20.3. The maximum atomic E-state index is 12.8. The topological polar surface area (TPSA) is 62.6 Å². The molecule has 5 heteroatoms. The Morgan fingerprint density at radius 3 is 2.46 bits per heavy atom. The first-order chi connectivity index (χ1) is 11.4. The van der Waals surface area contributed by atoms with Gasteiger partial charge in [0.1, 0.15) is 11.5 Å². The molecule has 0 spiro atoms. The van der Waals surface area contributed by atoms with Crippen molar-refractivity contribution in [2.75, 3.05) is 13.1 Å². The molecule has 0 bridgehead atoms. The van der Waals surface area contributed by atoms with E-state index in [0.717, 1.165) is 31.4 Å². The third-order valence-corrected chi connectivity index (χ3v) is 4.22. The van der Waals surface area contributed by atoms with Crippen LogP contribution in [0.5, 0.6) is 0 Å². The van der Waals surface area contributed by atoms with E-state index in [1.165, 1.54) is 0 Å². The minimum Gasteiger partial charge on any atom is -0.466 e. The molecule has 0 radical (unpaired) electrons. The zero-order valence-electron chi connectivity index (χ0n) is 15.8. The molecule has 2 amide bonds. The number of carbonyl (C=O) groups is 2. The monoisotopic (exact) mass is 336 g/mol. The van der Waals surface area contributed by atoms with Gasteiger partial charge in [-0.1, -0.05) is 26.7 Å². The summed E-state index contributed by atoms with van der Waals surface area (Å²) in [5.74, 6) is 1.33. The molecule has 1 aromatic rings. The molecule has 1 heterocycles. The van der Waals surface area contributed by atoms with Crippen LogP contribution in [0.25, 0.3) is 0 Å². The third kappa shape index (κ3) is 6.38. The molecule has 1 N–H and O–H groups in total. The van der Waals surface area contributed by atoms with Gasteiger partial charge in [-0.05, 0) is 39.7 Å². The standard InChI is InChI=1S/C19H32N2O3/c1-6-8-9-11-21(12-10-18(22)20-14(3)7-2)19(23)17-13-15(4)24-16(17)5/h13-14H,6-12H2,1-5H3,(H,20,22)/t14-/m1/s1. The van der Waals surface area contributed by atoms with Crippen LogP contribution in [-0.2, 0) is 4.79 Å². The average molecular weight is 336 g/mol. The van der Waals surface area contributed by atoms with Gasteiger partial charge in [-0.25, -0.2) is 0 Å². The van der Waals surface area contributed by atoms with Gasteiger partial charge in [0.15, 0.2) is 0 Å². The molecule has 0 aliphatic heterocycles. The lowest BCUT2D eigenvalue weighted by molar-refractivity contribution is -0.121. The summed E-state index contributed by atoms with van der Waals surface area (Å²) in [7, 11) is 0. The number of amides is 2. The molecule has 0 aromatic carbocycles. The van der Waals surface area contributed by atoms with Crippen molar-refractivity contribution in [1.82, 2.24) is 10.2 Å². The Labute approximate surface area is 145 Å². The Kier molecular flexibility index (Phi) is 8.58. The summed E-state index contributed by atoms with van der Waals surface area (Å²) in [6, 6.07) is 1.95. The number of carbonyl (C=O) groups excluding carboxylic acids is 2. The third-order valence-electron chi connectivity index (χ3n) is 4.22. The first-order valence-electron chi connectivity index (χ1n) is 9.04. The molecule has 0 aliphatic rings. The quantitative estimate of drug-likeness (QED) is 0.660. The van der Waals surface area contributed by atoms with Gasteiger partial charge in [0.2, 0.25) is 5.91 Å². The number of hydrogen-bond acceptors (Lipinski definition) is 3. The summed E-state index contributed by atoms with van der Waals surface area (Å²) >= 11 is 0. The Balaban J connectivity index is 2.71.